The number of hydrogen-bond acceptors (Lipinski definition) is 4. The lowest BCUT2D eigenvalue weighted by Gasteiger charge is -2.28. The molecule has 0 radical (unpaired) electrons. The van der Waals surface area contributed by atoms with E-state index in [9.17, 15) is 18.3 Å². The number of benzene rings is 1. The molecule has 1 aromatic rings. The summed E-state index contributed by atoms with van der Waals surface area (Å²) < 4.78 is 27.4. The Kier molecular flexibility index (Phi) is 4.65. The van der Waals surface area contributed by atoms with Gasteiger partial charge in [-0.3, -0.25) is 0 Å². The van der Waals surface area contributed by atoms with Crippen molar-refractivity contribution in [3.8, 4) is 0 Å². The molecule has 7 heteroatoms. The molecule has 1 aliphatic carbocycles. The summed E-state index contributed by atoms with van der Waals surface area (Å²) in [7, 11) is -3.85. The van der Waals surface area contributed by atoms with E-state index in [1.165, 1.54) is 12.1 Å². The number of carboxylic acids is 1. The number of carbonyl (C=O) groups is 1. The SMILES string of the molecule is Cc1ccc(C(=O)O)cc1S(=O)(=O)N[C@@H]1CCCC[C@H]1O. The fourth-order valence-electron chi connectivity index (χ4n) is 2.53. The van der Waals surface area contributed by atoms with E-state index in [1.807, 2.05) is 0 Å². The number of hydrogen-bond donors (Lipinski definition) is 3. The molecule has 1 aliphatic rings. The van der Waals surface area contributed by atoms with Crippen molar-refractivity contribution in [3.63, 3.8) is 0 Å². The van der Waals surface area contributed by atoms with E-state index in [-0.39, 0.29) is 10.5 Å². The van der Waals surface area contributed by atoms with Gasteiger partial charge in [0.05, 0.1) is 16.6 Å². The molecule has 21 heavy (non-hydrogen) atoms. The zero-order valence-corrected chi connectivity index (χ0v) is 12.6. The third-order valence-corrected chi connectivity index (χ3v) is 5.39. The third-order valence-electron chi connectivity index (χ3n) is 3.76. The fraction of sp³-hybridized carbons (Fsp3) is 0.500. The molecule has 0 bridgehead atoms. The predicted octanol–water partition coefficient (Wildman–Crippen LogP) is 1.28. The van der Waals surface area contributed by atoms with Gasteiger partial charge in [0.15, 0.2) is 0 Å². The fourth-order valence-corrected chi connectivity index (χ4v) is 4.11. The molecule has 2 atom stereocenters. The molecule has 1 saturated carbocycles. The van der Waals surface area contributed by atoms with E-state index >= 15 is 0 Å². The van der Waals surface area contributed by atoms with Gasteiger partial charge in [0.25, 0.3) is 0 Å². The topological polar surface area (TPSA) is 104 Å². The van der Waals surface area contributed by atoms with Gasteiger partial charge in [0.2, 0.25) is 10.0 Å². The zero-order chi connectivity index (χ0) is 15.6. The first-order valence-electron chi connectivity index (χ1n) is 6.85. The first-order valence-corrected chi connectivity index (χ1v) is 8.34. The summed E-state index contributed by atoms with van der Waals surface area (Å²) in [5.41, 5.74) is 0.392. The molecule has 0 saturated heterocycles. The van der Waals surface area contributed by atoms with Crippen molar-refractivity contribution in [2.75, 3.05) is 0 Å². The average Bonchev–Trinajstić information content (AvgIpc) is 2.41. The molecule has 0 aromatic heterocycles. The van der Waals surface area contributed by atoms with Gasteiger partial charge >= 0.3 is 5.97 Å². The number of rotatable bonds is 4. The molecule has 0 heterocycles. The maximum absolute atomic E-state index is 12.4. The lowest BCUT2D eigenvalue weighted by molar-refractivity contribution is 0.0696. The Morgan fingerprint density at radius 2 is 1.95 bits per heavy atom. The van der Waals surface area contributed by atoms with Crippen LogP contribution in [0.25, 0.3) is 0 Å². The van der Waals surface area contributed by atoms with Crippen LogP contribution in [-0.4, -0.2) is 36.7 Å². The van der Waals surface area contributed by atoms with Crippen LogP contribution in [0.2, 0.25) is 0 Å². The van der Waals surface area contributed by atoms with Gasteiger partial charge in [-0.05, 0) is 37.5 Å². The van der Waals surface area contributed by atoms with Crippen molar-refractivity contribution in [2.24, 2.45) is 0 Å². The summed E-state index contributed by atoms with van der Waals surface area (Å²) in [6, 6.07) is 3.47. The van der Waals surface area contributed by atoms with Crippen molar-refractivity contribution in [1.82, 2.24) is 4.72 Å². The minimum atomic E-state index is -3.85. The maximum Gasteiger partial charge on any atom is 0.335 e. The van der Waals surface area contributed by atoms with E-state index in [1.54, 1.807) is 6.92 Å². The van der Waals surface area contributed by atoms with Gasteiger partial charge < -0.3 is 10.2 Å². The van der Waals surface area contributed by atoms with Gasteiger partial charge in [-0.2, -0.15) is 0 Å². The van der Waals surface area contributed by atoms with Crippen LogP contribution in [-0.2, 0) is 10.0 Å². The normalized spacial score (nSPS) is 23.0. The number of aryl methyl sites for hydroxylation is 1. The van der Waals surface area contributed by atoms with Crippen molar-refractivity contribution >= 4 is 16.0 Å². The van der Waals surface area contributed by atoms with Crippen molar-refractivity contribution in [3.05, 3.63) is 29.3 Å². The second-order valence-corrected chi connectivity index (χ2v) is 7.05. The highest BCUT2D eigenvalue weighted by Crippen LogP contribution is 2.22. The number of sulfonamides is 1. The smallest absolute Gasteiger partial charge is 0.335 e. The molecule has 2 rings (SSSR count). The number of aliphatic hydroxyl groups excluding tert-OH is 1. The first-order chi connectivity index (χ1) is 9.81. The molecule has 0 unspecified atom stereocenters. The van der Waals surface area contributed by atoms with Gasteiger partial charge in [0, 0.05) is 6.04 Å². The van der Waals surface area contributed by atoms with Crippen LogP contribution >= 0.6 is 0 Å². The van der Waals surface area contributed by atoms with Crippen LogP contribution in [0, 0.1) is 6.92 Å². The lowest BCUT2D eigenvalue weighted by atomic mass is 9.93. The second-order valence-electron chi connectivity index (χ2n) is 5.37. The molecule has 1 aromatic carbocycles. The van der Waals surface area contributed by atoms with E-state index in [2.05, 4.69) is 4.72 Å². The predicted molar refractivity (Wildman–Crippen MR) is 76.7 cm³/mol. The Labute approximate surface area is 123 Å². The summed E-state index contributed by atoms with van der Waals surface area (Å²) in [4.78, 5) is 10.9. The second kappa shape index (κ2) is 6.13. The minimum absolute atomic E-state index is 0.0554. The zero-order valence-electron chi connectivity index (χ0n) is 11.7. The molecule has 0 spiro atoms. The standard InChI is InChI=1S/C14H19NO5S/c1-9-6-7-10(14(17)18)8-13(9)21(19,20)15-11-4-2-3-5-12(11)16/h6-8,11-12,15-16H,2-5H2,1H3,(H,17,18)/t11-,12-/m1/s1. The molecule has 3 N–H and O–H groups in total. The molecular formula is C14H19NO5S. The molecular weight excluding hydrogens is 294 g/mol. The van der Waals surface area contributed by atoms with E-state index < -0.39 is 28.1 Å². The molecule has 116 valence electrons. The largest absolute Gasteiger partial charge is 0.478 e. The van der Waals surface area contributed by atoms with Gasteiger partial charge in [-0.1, -0.05) is 18.9 Å². The van der Waals surface area contributed by atoms with Crippen LogP contribution in [0.4, 0.5) is 0 Å². The Hall–Kier alpha value is -1.44. The van der Waals surface area contributed by atoms with Crippen LogP contribution in [0.15, 0.2) is 23.1 Å². The average molecular weight is 313 g/mol. The summed E-state index contributed by atoms with van der Waals surface area (Å²) in [5.74, 6) is -1.18. The number of aliphatic hydroxyl groups is 1. The summed E-state index contributed by atoms with van der Waals surface area (Å²) in [6.45, 7) is 1.61. The van der Waals surface area contributed by atoms with Crippen LogP contribution in [0.3, 0.4) is 0 Å². The Morgan fingerprint density at radius 3 is 2.57 bits per heavy atom. The van der Waals surface area contributed by atoms with Crippen molar-refractivity contribution in [1.29, 1.82) is 0 Å². The molecule has 6 nitrogen and oxygen atoms in total. The minimum Gasteiger partial charge on any atom is -0.478 e. The highest BCUT2D eigenvalue weighted by Gasteiger charge is 2.29. The Bertz CT molecular complexity index is 641. The Balaban J connectivity index is 2.30. The van der Waals surface area contributed by atoms with Crippen LogP contribution < -0.4 is 4.72 Å². The number of nitrogens with one attached hydrogen (secondary N) is 1. The number of aromatic carboxylic acids is 1. The summed E-state index contributed by atoms with van der Waals surface area (Å²) in [5, 5.41) is 18.8. The van der Waals surface area contributed by atoms with Gasteiger partial charge in [-0.15, -0.1) is 0 Å². The third kappa shape index (κ3) is 3.61. The van der Waals surface area contributed by atoms with E-state index in [0.29, 0.717) is 18.4 Å². The van der Waals surface area contributed by atoms with Crippen molar-refractivity contribution < 1.29 is 23.4 Å². The van der Waals surface area contributed by atoms with Crippen molar-refractivity contribution in [2.45, 2.75) is 49.6 Å². The molecule has 1 fully saturated rings. The number of carboxylic acid groups (broad SMARTS) is 1. The van der Waals surface area contributed by atoms with Gasteiger partial charge in [0.1, 0.15) is 0 Å². The summed E-state index contributed by atoms with van der Waals surface area (Å²) >= 11 is 0. The van der Waals surface area contributed by atoms with E-state index in [0.717, 1.165) is 18.9 Å². The van der Waals surface area contributed by atoms with Gasteiger partial charge in [-0.25, -0.2) is 17.9 Å². The summed E-state index contributed by atoms with van der Waals surface area (Å²) in [6.07, 6.45) is 2.20. The quantitative estimate of drug-likeness (QED) is 0.776. The lowest BCUT2D eigenvalue weighted by Crippen LogP contribution is -2.45. The van der Waals surface area contributed by atoms with E-state index in [4.69, 9.17) is 5.11 Å². The highest BCUT2D eigenvalue weighted by atomic mass is 32.2. The molecule has 0 aliphatic heterocycles. The highest BCUT2D eigenvalue weighted by molar-refractivity contribution is 7.89. The molecule has 0 amide bonds. The maximum atomic E-state index is 12.4. The van der Waals surface area contributed by atoms with Crippen LogP contribution in [0.1, 0.15) is 41.6 Å². The first kappa shape index (κ1) is 15.9. The van der Waals surface area contributed by atoms with Crippen LogP contribution in [0.5, 0.6) is 0 Å². The Morgan fingerprint density at radius 1 is 1.29 bits per heavy atom. The monoisotopic (exact) mass is 313 g/mol.